The van der Waals surface area contributed by atoms with Crippen LogP contribution in [-0.2, 0) is 6.61 Å². The summed E-state index contributed by atoms with van der Waals surface area (Å²) in [6, 6.07) is 17.5. The molecule has 0 unspecified atom stereocenters. The molecule has 0 bridgehead atoms. The summed E-state index contributed by atoms with van der Waals surface area (Å²) in [5.41, 5.74) is 2.77. The zero-order chi connectivity index (χ0) is 23.4. The van der Waals surface area contributed by atoms with Gasteiger partial charge in [0.2, 0.25) is 6.79 Å². The minimum atomic E-state index is -0.443. The Labute approximate surface area is 203 Å². The lowest BCUT2D eigenvalue weighted by Gasteiger charge is -2.14. The second kappa shape index (κ2) is 9.79. The molecule has 33 heavy (non-hydrogen) atoms. The maximum Gasteiger partial charge on any atom is 0.269 e. The molecule has 1 aliphatic rings. The fourth-order valence-corrected chi connectivity index (χ4v) is 4.02. The van der Waals surface area contributed by atoms with Crippen LogP contribution >= 0.6 is 22.6 Å². The second-order valence-corrected chi connectivity index (χ2v) is 8.15. The van der Waals surface area contributed by atoms with E-state index in [0.29, 0.717) is 34.1 Å². The van der Waals surface area contributed by atoms with Crippen molar-refractivity contribution >= 4 is 39.9 Å². The molecule has 8 nitrogen and oxygen atoms in total. The molecule has 9 heteroatoms. The maximum absolute atomic E-state index is 10.8. The summed E-state index contributed by atoms with van der Waals surface area (Å²) in [5.74, 6) is 2.32. The van der Waals surface area contributed by atoms with Crippen molar-refractivity contribution in [3.63, 3.8) is 0 Å². The van der Waals surface area contributed by atoms with E-state index in [4.69, 9.17) is 18.9 Å². The van der Waals surface area contributed by atoms with Crippen molar-refractivity contribution in [1.29, 1.82) is 5.26 Å². The number of allylic oxidation sites excluding steroid dienone is 1. The first-order valence-corrected chi connectivity index (χ1v) is 10.8. The summed E-state index contributed by atoms with van der Waals surface area (Å²) < 4.78 is 23.0. The Hall–Kier alpha value is -3.78. The molecule has 3 aromatic rings. The van der Waals surface area contributed by atoms with Gasteiger partial charge in [0.05, 0.1) is 27.2 Å². The smallest absolute Gasteiger partial charge is 0.269 e. The van der Waals surface area contributed by atoms with Crippen LogP contribution in [0.1, 0.15) is 16.7 Å². The largest absolute Gasteiger partial charge is 0.493 e. The van der Waals surface area contributed by atoms with Crippen molar-refractivity contribution in [1.82, 2.24) is 0 Å². The number of non-ortho nitro benzene ring substituents is 1. The van der Waals surface area contributed by atoms with Gasteiger partial charge in [0, 0.05) is 12.1 Å². The van der Waals surface area contributed by atoms with Gasteiger partial charge in [-0.25, -0.2) is 0 Å². The number of fused-ring (bicyclic) bond motifs is 1. The van der Waals surface area contributed by atoms with Gasteiger partial charge in [-0.05, 0) is 87.8 Å². The van der Waals surface area contributed by atoms with E-state index < -0.39 is 4.92 Å². The normalized spacial score (nSPS) is 12.2. The third kappa shape index (κ3) is 5.01. The lowest BCUT2D eigenvalue weighted by atomic mass is 10.0. The van der Waals surface area contributed by atoms with Crippen molar-refractivity contribution in [3.05, 3.63) is 85.0 Å². The first-order chi connectivity index (χ1) is 16.0. The van der Waals surface area contributed by atoms with Gasteiger partial charge in [0.25, 0.3) is 5.69 Å². The number of nitrogens with zero attached hydrogens (tertiary/aromatic N) is 2. The number of nitriles is 1. The number of rotatable bonds is 7. The molecular formula is C24H17IN2O6. The quantitative estimate of drug-likeness (QED) is 0.123. The van der Waals surface area contributed by atoms with Crippen molar-refractivity contribution in [2.24, 2.45) is 0 Å². The number of nitro benzene ring substituents is 1. The van der Waals surface area contributed by atoms with Crippen LogP contribution in [0, 0.1) is 25.0 Å². The average molecular weight is 556 g/mol. The molecule has 0 atom stereocenters. The monoisotopic (exact) mass is 556 g/mol. The number of ether oxygens (including phenoxy) is 4. The maximum atomic E-state index is 10.8. The number of halogens is 1. The molecule has 0 N–H and O–H groups in total. The molecule has 166 valence electrons. The molecule has 0 spiro atoms. The van der Waals surface area contributed by atoms with Crippen molar-refractivity contribution in [2.75, 3.05) is 13.9 Å². The summed E-state index contributed by atoms with van der Waals surface area (Å²) in [7, 11) is 1.54. The van der Waals surface area contributed by atoms with E-state index in [2.05, 4.69) is 28.7 Å². The third-order valence-corrected chi connectivity index (χ3v) is 5.70. The summed E-state index contributed by atoms with van der Waals surface area (Å²) in [5, 5.41) is 20.5. The predicted octanol–water partition coefficient (Wildman–Crippen LogP) is 5.58. The van der Waals surface area contributed by atoms with Crippen LogP contribution in [0.25, 0.3) is 11.6 Å². The van der Waals surface area contributed by atoms with Gasteiger partial charge in [-0.15, -0.1) is 0 Å². The number of hydrogen-bond donors (Lipinski definition) is 0. The van der Waals surface area contributed by atoms with Gasteiger partial charge >= 0.3 is 0 Å². The standard InChI is InChI=1S/C24H17IN2O6/c1-30-23-10-16(8-18(12-26)17-4-7-21-22(11-17)33-14-32-21)9-20(25)24(23)31-13-15-2-5-19(6-3-15)27(28)29/h2-11H,13-14H2,1H3/b18-8-. The van der Waals surface area contributed by atoms with E-state index in [1.807, 2.05) is 12.1 Å². The Kier molecular flexibility index (Phi) is 6.65. The lowest BCUT2D eigenvalue weighted by molar-refractivity contribution is -0.384. The Morgan fingerprint density at radius 2 is 1.94 bits per heavy atom. The fourth-order valence-electron chi connectivity index (χ4n) is 3.24. The highest BCUT2D eigenvalue weighted by atomic mass is 127. The van der Waals surface area contributed by atoms with Crippen LogP contribution in [0.3, 0.4) is 0 Å². The van der Waals surface area contributed by atoms with E-state index in [1.54, 1.807) is 43.5 Å². The molecule has 1 aliphatic heterocycles. The van der Waals surface area contributed by atoms with Gasteiger partial charge < -0.3 is 18.9 Å². The molecule has 4 rings (SSSR count). The highest BCUT2D eigenvalue weighted by Gasteiger charge is 2.16. The fraction of sp³-hybridized carbons (Fsp3) is 0.125. The third-order valence-electron chi connectivity index (χ3n) is 4.90. The predicted molar refractivity (Wildman–Crippen MR) is 129 cm³/mol. The number of methoxy groups -OCH3 is 1. The Balaban J connectivity index is 1.57. The molecule has 0 radical (unpaired) electrons. The molecule has 0 fully saturated rings. The Morgan fingerprint density at radius 1 is 1.18 bits per heavy atom. The minimum absolute atomic E-state index is 0.0257. The van der Waals surface area contributed by atoms with Gasteiger partial charge in [0.15, 0.2) is 23.0 Å². The summed E-state index contributed by atoms with van der Waals surface area (Å²) in [6.45, 7) is 0.390. The molecule has 0 saturated heterocycles. The molecular weight excluding hydrogens is 539 g/mol. The number of hydrogen-bond acceptors (Lipinski definition) is 7. The second-order valence-electron chi connectivity index (χ2n) is 6.98. The van der Waals surface area contributed by atoms with Crippen molar-refractivity contribution < 1.29 is 23.9 Å². The average Bonchev–Trinajstić information content (AvgIpc) is 3.29. The Bertz CT molecular complexity index is 1280. The topological polar surface area (TPSA) is 104 Å². The molecule has 0 aromatic heterocycles. The summed E-state index contributed by atoms with van der Waals surface area (Å²) in [6.07, 6.45) is 1.77. The van der Waals surface area contributed by atoms with Crippen LogP contribution in [0.4, 0.5) is 5.69 Å². The van der Waals surface area contributed by atoms with Gasteiger partial charge in [0.1, 0.15) is 6.61 Å². The first-order valence-electron chi connectivity index (χ1n) is 9.74. The zero-order valence-electron chi connectivity index (χ0n) is 17.4. The van der Waals surface area contributed by atoms with Gasteiger partial charge in [-0.1, -0.05) is 0 Å². The van der Waals surface area contributed by atoms with E-state index >= 15 is 0 Å². The van der Waals surface area contributed by atoms with Gasteiger partial charge in [-0.3, -0.25) is 10.1 Å². The van der Waals surface area contributed by atoms with Crippen molar-refractivity contribution in [2.45, 2.75) is 6.61 Å². The van der Waals surface area contributed by atoms with E-state index in [-0.39, 0.29) is 19.1 Å². The minimum Gasteiger partial charge on any atom is -0.493 e. The van der Waals surface area contributed by atoms with Crippen molar-refractivity contribution in [3.8, 4) is 29.1 Å². The van der Waals surface area contributed by atoms with E-state index in [9.17, 15) is 15.4 Å². The number of benzene rings is 3. The van der Waals surface area contributed by atoms with Crippen LogP contribution in [0.5, 0.6) is 23.0 Å². The van der Waals surface area contributed by atoms with Crippen LogP contribution < -0.4 is 18.9 Å². The Morgan fingerprint density at radius 3 is 2.64 bits per heavy atom. The summed E-state index contributed by atoms with van der Waals surface area (Å²) >= 11 is 2.15. The van der Waals surface area contributed by atoms with E-state index in [1.165, 1.54) is 12.1 Å². The molecule has 3 aromatic carbocycles. The molecule has 1 heterocycles. The molecule has 0 amide bonds. The lowest BCUT2D eigenvalue weighted by Crippen LogP contribution is -2.00. The number of nitro groups is 1. The van der Waals surface area contributed by atoms with Crippen LogP contribution in [0.15, 0.2) is 54.6 Å². The van der Waals surface area contributed by atoms with Crippen LogP contribution in [0.2, 0.25) is 0 Å². The van der Waals surface area contributed by atoms with Crippen LogP contribution in [-0.4, -0.2) is 18.8 Å². The van der Waals surface area contributed by atoms with Gasteiger partial charge in [-0.2, -0.15) is 5.26 Å². The highest BCUT2D eigenvalue weighted by Crippen LogP contribution is 2.37. The SMILES string of the molecule is COc1cc(/C=C(/C#N)c2ccc3c(c2)OCO3)cc(I)c1OCc1ccc([N+](=O)[O-])cc1. The van der Waals surface area contributed by atoms with E-state index in [0.717, 1.165) is 14.7 Å². The highest BCUT2D eigenvalue weighted by molar-refractivity contribution is 14.1. The zero-order valence-corrected chi connectivity index (χ0v) is 19.6. The molecule has 0 saturated carbocycles. The summed E-state index contributed by atoms with van der Waals surface area (Å²) in [4.78, 5) is 10.4. The molecule has 0 aliphatic carbocycles. The first kappa shape index (κ1) is 22.4.